The lowest BCUT2D eigenvalue weighted by molar-refractivity contribution is -0.141. The van der Waals surface area contributed by atoms with Crippen molar-refractivity contribution in [3.8, 4) is 0 Å². The lowest BCUT2D eigenvalue weighted by Gasteiger charge is -2.34. The predicted molar refractivity (Wildman–Crippen MR) is 162 cm³/mol. The standard InChI is InChI=1S/C33H39ClN4O4/c1-37(21-22-9-4-2-5-10-22)19-8-20-38-29(31(40)36-24-11-6-3-7-12-24)33-18-17-26(42-33)27(28(33)32(38)41)30(39)35-25-15-13-23(34)14-16-25/h2,4-5,9-10,13-18,24,26-29H,3,6-8,11-12,19-21H2,1H3,(H,35,39)(H,36,40)/t26-,27-,28-,29-,33+/m1/s1. The number of rotatable bonds is 10. The second kappa shape index (κ2) is 12.2. The van der Waals surface area contributed by atoms with Gasteiger partial charge in [-0.15, -0.1) is 0 Å². The van der Waals surface area contributed by atoms with E-state index in [0.29, 0.717) is 23.7 Å². The van der Waals surface area contributed by atoms with Crippen molar-refractivity contribution in [1.29, 1.82) is 0 Å². The van der Waals surface area contributed by atoms with Gasteiger partial charge < -0.3 is 25.2 Å². The zero-order valence-electron chi connectivity index (χ0n) is 24.0. The Bertz CT molecular complexity index is 1330. The van der Waals surface area contributed by atoms with E-state index in [1.54, 1.807) is 29.2 Å². The molecule has 0 unspecified atom stereocenters. The molecule has 0 aromatic heterocycles. The van der Waals surface area contributed by atoms with Gasteiger partial charge in [0.25, 0.3) is 0 Å². The number of amides is 3. The Balaban J connectivity index is 1.21. The van der Waals surface area contributed by atoms with E-state index >= 15 is 0 Å². The first kappa shape index (κ1) is 28.9. The smallest absolute Gasteiger partial charge is 0.246 e. The van der Waals surface area contributed by atoms with Gasteiger partial charge >= 0.3 is 0 Å². The van der Waals surface area contributed by atoms with Crippen LogP contribution in [0.3, 0.4) is 0 Å². The molecular weight excluding hydrogens is 552 g/mol. The molecule has 8 nitrogen and oxygen atoms in total. The SMILES string of the molecule is CN(CCCN1C(=O)[C@H]2[C@H](C(=O)Nc3ccc(Cl)cc3)[C@H]3C=C[C@@]2(O3)[C@H]1C(=O)NC1CCCCC1)Cc1ccccc1. The van der Waals surface area contributed by atoms with Crippen molar-refractivity contribution < 1.29 is 19.1 Å². The molecule has 1 saturated carbocycles. The molecule has 0 radical (unpaired) electrons. The molecule has 4 aliphatic rings. The van der Waals surface area contributed by atoms with Crippen molar-refractivity contribution in [3.63, 3.8) is 0 Å². The number of likely N-dealkylation sites (tertiary alicyclic amines) is 1. The Labute approximate surface area is 252 Å². The number of carbonyl (C=O) groups is 3. The van der Waals surface area contributed by atoms with Gasteiger partial charge in [0.05, 0.1) is 17.9 Å². The highest BCUT2D eigenvalue weighted by Crippen LogP contribution is 2.55. The first-order valence-electron chi connectivity index (χ1n) is 15.1. The van der Waals surface area contributed by atoms with Crippen LogP contribution in [0.25, 0.3) is 0 Å². The molecule has 1 aliphatic carbocycles. The van der Waals surface area contributed by atoms with Gasteiger partial charge in [-0.25, -0.2) is 0 Å². The van der Waals surface area contributed by atoms with Crippen LogP contribution in [0.15, 0.2) is 66.7 Å². The van der Waals surface area contributed by atoms with Crippen LogP contribution in [0.2, 0.25) is 5.02 Å². The number of hydrogen-bond acceptors (Lipinski definition) is 5. The van der Waals surface area contributed by atoms with Gasteiger partial charge in [0.1, 0.15) is 11.6 Å². The summed E-state index contributed by atoms with van der Waals surface area (Å²) in [4.78, 5) is 45.7. The second-order valence-corrected chi connectivity index (χ2v) is 12.6. The summed E-state index contributed by atoms with van der Waals surface area (Å²) in [7, 11) is 2.06. The van der Waals surface area contributed by atoms with Crippen molar-refractivity contribution >= 4 is 35.0 Å². The number of ether oxygens (including phenoxy) is 1. The number of benzene rings is 2. The number of carbonyl (C=O) groups excluding carboxylic acids is 3. The van der Waals surface area contributed by atoms with Crippen LogP contribution in [-0.2, 0) is 25.7 Å². The molecule has 2 aromatic carbocycles. The molecule has 222 valence electrons. The third kappa shape index (κ3) is 5.60. The van der Waals surface area contributed by atoms with Crippen LogP contribution in [0, 0.1) is 11.8 Å². The van der Waals surface area contributed by atoms with E-state index in [0.717, 1.165) is 38.8 Å². The molecular formula is C33H39ClN4O4. The molecule has 42 heavy (non-hydrogen) atoms. The van der Waals surface area contributed by atoms with Crippen LogP contribution in [0.1, 0.15) is 44.1 Å². The Kier molecular flexibility index (Phi) is 8.39. The molecule has 3 amide bonds. The van der Waals surface area contributed by atoms with E-state index < -0.39 is 29.6 Å². The lowest BCUT2D eigenvalue weighted by atomic mass is 9.74. The zero-order chi connectivity index (χ0) is 29.3. The van der Waals surface area contributed by atoms with Crippen LogP contribution >= 0.6 is 11.6 Å². The normalized spacial score (nSPS) is 28.4. The average molecular weight is 591 g/mol. The summed E-state index contributed by atoms with van der Waals surface area (Å²) in [5.41, 5.74) is 0.666. The van der Waals surface area contributed by atoms with Crippen molar-refractivity contribution in [2.75, 3.05) is 25.5 Å². The zero-order valence-corrected chi connectivity index (χ0v) is 24.8. The molecule has 9 heteroatoms. The number of anilines is 1. The Hall–Kier alpha value is -3.20. The topological polar surface area (TPSA) is 91.0 Å². The fraction of sp³-hybridized carbons (Fsp3) is 0.485. The van der Waals surface area contributed by atoms with E-state index in [1.807, 2.05) is 30.4 Å². The van der Waals surface area contributed by atoms with E-state index in [1.165, 1.54) is 12.0 Å². The molecule has 3 fully saturated rings. The maximum Gasteiger partial charge on any atom is 0.246 e. The van der Waals surface area contributed by atoms with Gasteiger partial charge in [0.15, 0.2) is 0 Å². The fourth-order valence-electron chi connectivity index (χ4n) is 7.28. The van der Waals surface area contributed by atoms with Crippen molar-refractivity contribution in [2.45, 2.75) is 68.9 Å². The number of nitrogens with zero attached hydrogens (tertiary/aromatic N) is 2. The van der Waals surface area contributed by atoms with Gasteiger partial charge in [-0.1, -0.05) is 73.3 Å². The third-order valence-corrected chi connectivity index (χ3v) is 9.47. The number of halogens is 1. The molecule has 3 aliphatic heterocycles. The minimum Gasteiger partial charge on any atom is -0.359 e. The molecule has 2 saturated heterocycles. The summed E-state index contributed by atoms with van der Waals surface area (Å²) in [6.07, 6.45) is 9.11. The highest BCUT2D eigenvalue weighted by molar-refractivity contribution is 6.30. The van der Waals surface area contributed by atoms with Crippen molar-refractivity contribution in [2.24, 2.45) is 11.8 Å². The Morgan fingerprint density at radius 2 is 1.79 bits per heavy atom. The minimum absolute atomic E-state index is 0.0993. The van der Waals surface area contributed by atoms with Crippen LogP contribution < -0.4 is 10.6 Å². The summed E-state index contributed by atoms with van der Waals surface area (Å²) in [6.45, 7) is 1.97. The summed E-state index contributed by atoms with van der Waals surface area (Å²) in [5.74, 6) is -2.15. The highest BCUT2D eigenvalue weighted by Gasteiger charge is 2.72. The van der Waals surface area contributed by atoms with Gasteiger partial charge in [0, 0.05) is 29.8 Å². The van der Waals surface area contributed by atoms with Gasteiger partial charge in [-0.2, -0.15) is 0 Å². The number of fused-ring (bicyclic) bond motifs is 1. The third-order valence-electron chi connectivity index (χ3n) is 9.22. The Morgan fingerprint density at radius 3 is 2.52 bits per heavy atom. The number of hydrogen-bond donors (Lipinski definition) is 2. The lowest BCUT2D eigenvalue weighted by Crippen LogP contribution is -2.56. The van der Waals surface area contributed by atoms with Crippen molar-refractivity contribution in [1.82, 2.24) is 15.1 Å². The molecule has 1 spiro atoms. The molecule has 6 rings (SSSR count). The minimum atomic E-state index is -1.15. The molecule has 2 aromatic rings. The van der Waals surface area contributed by atoms with Crippen LogP contribution in [0.5, 0.6) is 0 Å². The molecule has 3 heterocycles. The van der Waals surface area contributed by atoms with Crippen LogP contribution in [0.4, 0.5) is 5.69 Å². The molecule has 2 N–H and O–H groups in total. The van der Waals surface area contributed by atoms with E-state index in [9.17, 15) is 14.4 Å². The molecule has 2 bridgehead atoms. The van der Waals surface area contributed by atoms with Gasteiger partial charge in [0.2, 0.25) is 17.7 Å². The van der Waals surface area contributed by atoms with E-state index in [4.69, 9.17) is 16.3 Å². The Morgan fingerprint density at radius 1 is 1.05 bits per heavy atom. The van der Waals surface area contributed by atoms with Crippen molar-refractivity contribution in [3.05, 3.63) is 77.3 Å². The van der Waals surface area contributed by atoms with E-state index in [-0.39, 0.29) is 23.8 Å². The number of nitrogens with one attached hydrogen (secondary N) is 2. The van der Waals surface area contributed by atoms with Crippen LogP contribution in [-0.4, -0.2) is 71.4 Å². The van der Waals surface area contributed by atoms with E-state index in [2.05, 4.69) is 34.7 Å². The van der Waals surface area contributed by atoms with Gasteiger partial charge in [-0.05, 0) is 62.7 Å². The van der Waals surface area contributed by atoms with Gasteiger partial charge in [-0.3, -0.25) is 14.4 Å². The summed E-state index contributed by atoms with van der Waals surface area (Å²) in [6, 6.07) is 16.4. The largest absolute Gasteiger partial charge is 0.359 e. The first-order chi connectivity index (χ1) is 20.4. The first-order valence-corrected chi connectivity index (χ1v) is 15.5. The summed E-state index contributed by atoms with van der Waals surface area (Å²) >= 11 is 6.02. The summed E-state index contributed by atoms with van der Waals surface area (Å²) < 4.78 is 6.48. The monoisotopic (exact) mass is 590 g/mol. The fourth-order valence-corrected chi connectivity index (χ4v) is 7.40. The second-order valence-electron chi connectivity index (χ2n) is 12.1. The highest BCUT2D eigenvalue weighted by atomic mass is 35.5. The maximum atomic E-state index is 14.2. The summed E-state index contributed by atoms with van der Waals surface area (Å²) in [5, 5.41) is 6.77. The average Bonchev–Trinajstić information content (AvgIpc) is 3.63. The maximum absolute atomic E-state index is 14.2. The molecule has 5 atom stereocenters. The predicted octanol–water partition coefficient (Wildman–Crippen LogP) is 4.40. The quantitative estimate of drug-likeness (QED) is 0.400.